The lowest BCUT2D eigenvalue weighted by Gasteiger charge is -2.16. The average molecular weight is 282 g/mol. The van der Waals surface area contributed by atoms with Crippen molar-refractivity contribution in [2.75, 3.05) is 4.90 Å². The van der Waals surface area contributed by atoms with Gasteiger partial charge in [-0.3, -0.25) is 9.69 Å². The first-order valence-corrected chi connectivity index (χ1v) is 6.45. The van der Waals surface area contributed by atoms with E-state index in [1.807, 2.05) is 48.9 Å². The Morgan fingerprint density at radius 3 is 2.50 bits per heavy atom. The van der Waals surface area contributed by atoms with Gasteiger partial charge in [-0.1, -0.05) is 48.0 Å². The van der Waals surface area contributed by atoms with E-state index in [9.17, 15) is 4.79 Å². The van der Waals surface area contributed by atoms with E-state index in [2.05, 4.69) is 4.98 Å². The molecule has 3 aromatic rings. The minimum absolute atomic E-state index is 0.337. The first-order valence-electron chi connectivity index (χ1n) is 6.07. The van der Waals surface area contributed by atoms with Crippen molar-refractivity contribution in [1.29, 1.82) is 0 Å². The summed E-state index contributed by atoms with van der Waals surface area (Å²) in [5, 5.41) is 2.50. The molecule has 0 N–H and O–H groups in total. The van der Waals surface area contributed by atoms with Gasteiger partial charge in [0.05, 0.1) is 5.69 Å². The third-order valence-electron chi connectivity index (χ3n) is 3.01. The van der Waals surface area contributed by atoms with Crippen LogP contribution in [0.4, 0.5) is 11.5 Å². The predicted octanol–water partition coefficient (Wildman–Crippen LogP) is 4.09. The highest BCUT2D eigenvalue weighted by Gasteiger charge is 2.11. The molecule has 0 saturated carbocycles. The summed E-state index contributed by atoms with van der Waals surface area (Å²) in [7, 11) is 0. The van der Waals surface area contributed by atoms with Gasteiger partial charge in [0.2, 0.25) is 0 Å². The number of fused-ring (bicyclic) bond motifs is 1. The molecule has 2 aromatic carbocycles. The van der Waals surface area contributed by atoms with Crippen molar-refractivity contribution in [3.63, 3.8) is 0 Å². The van der Waals surface area contributed by atoms with Crippen LogP contribution < -0.4 is 4.90 Å². The molecule has 0 bridgehead atoms. The van der Waals surface area contributed by atoms with E-state index >= 15 is 0 Å². The average Bonchev–Trinajstić information content (AvgIpc) is 2.48. The van der Waals surface area contributed by atoms with Crippen LogP contribution in [0.3, 0.4) is 0 Å². The Morgan fingerprint density at radius 2 is 1.75 bits per heavy atom. The summed E-state index contributed by atoms with van der Waals surface area (Å²) in [6.07, 6.45) is 1.89. The highest BCUT2D eigenvalue weighted by molar-refractivity contribution is 6.29. The molecule has 20 heavy (non-hydrogen) atoms. The fourth-order valence-electron chi connectivity index (χ4n) is 2.07. The third kappa shape index (κ3) is 2.36. The van der Waals surface area contributed by atoms with Crippen LogP contribution in [0, 0.1) is 0 Å². The monoisotopic (exact) mass is 281 g/mol. The summed E-state index contributed by atoms with van der Waals surface area (Å²) < 4.78 is 0. The lowest BCUT2D eigenvalue weighted by Crippen LogP contribution is -2.15. The number of nitrogens with zero attached hydrogens (tertiary/aromatic N) is 2. The molecular formula is C16H10ClN2O. The van der Waals surface area contributed by atoms with Crippen molar-refractivity contribution in [3.8, 4) is 0 Å². The number of carbonyl (C=O) groups excluding carboxylic acids is 1. The standard InChI is InChI=1S/C16H10ClN2O/c17-15-6-3-7-16(18-15)19(11-20)14-9-8-12-4-1-2-5-13(12)10-14/h1-10H. The molecule has 0 fully saturated rings. The molecular weight excluding hydrogens is 272 g/mol. The van der Waals surface area contributed by atoms with Crippen LogP contribution in [0.5, 0.6) is 0 Å². The number of pyridine rings is 1. The van der Waals surface area contributed by atoms with E-state index in [0.717, 1.165) is 10.8 Å². The van der Waals surface area contributed by atoms with Crippen LogP contribution in [0.15, 0.2) is 60.7 Å². The number of halogens is 1. The van der Waals surface area contributed by atoms with Gasteiger partial charge in [-0.15, -0.1) is 0 Å². The maximum absolute atomic E-state index is 11.3. The second kappa shape index (κ2) is 5.31. The van der Waals surface area contributed by atoms with Gasteiger partial charge in [0.25, 0.3) is 0 Å². The SMILES string of the molecule is O=[C]N(c1ccc2ccccc2c1)c1cccc(Cl)n1. The zero-order valence-electron chi connectivity index (χ0n) is 10.5. The summed E-state index contributed by atoms with van der Waals surface area (Å²) in [6, 6.07) is 18.8. The molecule has 0 spiro atoms. The fraction of sp³-hybridized carbons (Fsp3) is 0. The van der Waals surface area contributed by atoms with Gasteiger partial charge in [-0.2, -0.15) is 0 Å². The number of anilines is 2. The first kappa shape index (κ1) is 12.6. The minimum Gasteiger partial charge on any atom is -0.263 e. The number of hydrogen-bond acceptors (Lipinski definition) is 2. The largest absolute Gasteiger partial charge is 0.323 e. The van der Waals surface area contributed by atoms with Gasteiger partial charge in [0.15, 0.2) is 0 Å². The Bertz CT molecular complexity index is 773. The Morgan fingerprint density at radius 1 is 0.950 bits per heavy atom. The van der Waals surface area contributed by atoms with E-state index in [-0.39, 0.29) is 0 Å². The fourth-order valence-corrected chi connectivity index (χ4v) is 2.23. The molecule has 4 heteroatoms. The minimum atomic E-state index is 0.337. The zero-order valence-corrected chi connectivity index (χ0v) is 11.2. The van der Waals surface area contributed by atoms with E-state index in [0.29, 0.717) is 16.7 Å². The van der Waals surface area contributed by atoms with Gasteiger partial charge in [-0.05, 0) is 35.0 Å². The predicted molar refractivity (Wildman–Crippen MR) is 81.0 cm³/mol. The lowest BCUT2D eigenvalue weighted by molar-refractivity contribution is 0.556. The molecule has 1 amide bonds. The van der Waals surface area contributed by atoms with Gasteiger partial charge in [0, 0.05) is 0 Å². The molecule has 97 valence electrons. The highest BCUT2D eigenvalue weighted by atomic mass is 35.5. The molecule has 0 aliphatic rings. The molecule has 0 saturated heterocycles. The maximum Gasteiger partial charge on any atom is 0.323 e. The van der Waals surface area contributed by atoms with Crippen molar-refractivity contribution in [2.45, 2.75) is 0 Å². The first-order chi connectivity index (χ1) is 9.78. The topological polar surface area (TPSA) is 33.2 Å². The molecule has 1 heterocycles. The lowest BCUT2D eigenvalue weighted by atomic mass is 10.1. The molecule has 1 aromatic heterocycles. The number of benzene rings is 2. The van der Waals surface area contributed by atoms with E-state index in [1.54, 1.807) is 18.2 Å². The van der Waals surface area contributed by atoms with Crippen LogP contribution in [0.1, 0.15) is 0 Å². The molecule has 1 radical (unpaired) electrons. The van der Waals surface area contributed by atoms with Crippen LogP contribution in [0.25, 0.3) is 10.8 Å². The summed E-state index contributed by atoms with van der Waals surface area (Å²) in [6.45, 7) is 0. The summed E-state index contributed by atoms with van der Waals surface area (Å²) in [5.74, 6) is 0.447. The van der Waals surface area contributed by atoms with Gasteiger partial charge < -0.3 is 0 Å². The van der Waals surface area contributed by atoms with Crippen molar-refractivity contribution in [3.05, 3.63) is 65.8 Å². The van der Waals surface area contributed by atoms with Crippen LogP contribution in [-0.4, -0.2) is 11.4 Å². The van der Waals surface area contributed by atoms with Crippen molar-refractivity contribution < 1.29 is 4.79 Å². The number of amides is 1. The van der Waals surface area contributed by atoms with Gasteiger partial charge >= 0.3 is 6.41 Å². The van der Waals surface area contributed by atoms with Crippen molar-refractivity contribution in [1.82, 2.24) is 4.98 Å². The van der Waals surface area contributed by atoms with Crippen molar-refractivity contribution in [2.24, 2.45) is 0 Å². The summed E-state index contributed by atoms with van der Waals surface area (Å²) in [4.78, 5) is 16.7. The maximum atomic E-state index is 11.3. The smallest absolute Gasteiger partial charge is 0.263 e. The van der Waals surface area contributed by atoms with E-state index < -0.39 is 0 Å². The van der Waals surface area contributed by atoms with E-state index in [4.69, 9.17) is 11.6 Å². The van der Waals surface area contributed by atoms with Crippen LogP contribution in [-0.2, 0) is 4.79 Å². The highest BCUT2D eigenvalue weighted by Crippen LogP contribution is 2.26. The molecule has 0 atom stereocenters. The van der Waals surface area contributed by atoms with Gasteiger partial charge in [0.1, 0.15) is 11.0 Å². The summed E-state index contributed by atoms with van der Waals surface area (Å²) in [5.41, 5.74) is 0.702. The quantitative estimate of drug-likeness (QED) is 0.535. The number of aromatic nitrogens is 1. The van der Waals surface area contributed by atoms with Crippen molar-refractivity contribution >= 4 is 40.3 Å². The second-order valence-electron chi connectivity index (χ2n) is 4.28. The zero-order chi connectivity index (χ0) is 13.9. The normalized spacial score (nSPS) is 10.4. The van der Waals surface area contributed by atoms with Crippen LogP contribution >= 0.6 is 11.6 Å². The Labute approximate surface area is 121 Å². The summed E-state index contributed by atoms with van der Waals surface area (Å²) >= 11 is 5.86. The molecule has 0 unspecified atom stereocenters. The Kier molecular flexibility index (Phi) is 3.35. The number of rotatable bonds is 3. The Hall–Kier alpha value is -2.39. The molecule has 0 aliphatic heterocycles. The number of hydrogen-bond donors (Lipinski definition) is 0. The van der Waals surface area contributed by atoms with Gasteiger partial charge in [-0.25, -0.2) is 4.98 Å². The second-order valence-corrected chi connectivity index (χ2v) is 4.66. The molecule has 3 nitrogen and oxygen atoms in total. The Balaban J connectivity index is 2.09. The molecule has 3 rings (SSSR count). The van der Waals surface area contributed by atoms with E-state index in [1.165, 1.54) is 4.90 Å². The third-order valence-corrected chi connectivity index (χ3v) is 3.22. The van der Waals surface area contributed by atoms with Crippen LogP contribution in [0.2, 0.25) is 5.15 Å². The molecule has 0 aliphatic carbocycles.